The topological polar surface area (TPSA) is 63.9 Å². The molecule has 1 aromatic carbocycles. The number of nitrogens with zero attached hydrogens (tertiary/aromatic N) is 5. The summed E-state index contributed by atoms with van der Waals surface area (Å²) in [6, 6.07) is 18.2. The number of amides is 1. The van der Waals surface area contributed by atoms with Gasteiger partial charge in [0.1, 0.15) is 0 Å². The Labute approximate surface area is 192 Å². The average Bonchev–Trinajstić information content (AvgIpc) is 3.68. The van der Waals surface area contributed by atoms with E-state index in [9.17, 15) is 4.79 Å². The van der Waals surface area contributed by atoms with Crippen molar-refractivity contribution in [3.63, 3.8) is 0 Å². The minimum absolute atomic E-state index is 0.0522. The molecule has 4 heterocycles. The van der Waals surface area contributed by atoms with Crippen molar-refractivity contribution in [3.05, 3.63) is 89.4 Å². The van der Waals surface area contributed by atoms with Gasteiger partial charge in [-0.1, -0.05) is 42.5 Å². The molecule has 4 aromatic rings. The molecule has 6 heteroatoms. The van der Waals surface area contributed by atoms with E-state index in [1.807, 2.05) is 42.2 Å². The number of fused-ring (bicyclic) bond motifs is 1. The fraction of sp³-hybridized carbons (Fsp3) is 0.259. The zero-order valence-corrected chi connectivity index (χ0v) is 18.6. The van der Waals surface area contributed by atoms with Gasteiger partial charge < -0.3 is 4.90 Å². The number of aryl methyl sites for hydroxylation is 1. The van der Waals surface area contributed by atoms with Crippen molar-refractivity contribution in [2.24, 2.45) is 0 Å². The van der Waals surface area contributed by atoms with Gasteiger partial charge in [0.2, 0.25) is 0 Å². The molecule has 6 nitrogen and oxygen atoms in total. The molecule has 1 aliphatic carbocycles. The summed E-state index contributed by atoms with van der Waals surface area (Å²) in [5.74, 6) is 1.19. The first-order chi connectivity index (χ1) is 16.2. The molecule has 6 rings (SSSR count). The lowest BCUT2D eigenvalue weighted by Crippen LogP contribution is -2.35. The van der Waals surface area contributed by atoms with Gasteiger partial charge in [0, 0.05) is 30.9 Å². The minimum Gasteiger partial charge on any atom is -0.335 e. The fourth-order valence-corrected chi connectivity index (χ4v) is 4.64. The molecular formula is C27H25N5O. The molecular weight excluding hydrogens is 410 g/mol. The second kappa shape index (κ2) is 7.96. The number of aromatic nitrogens is 4. The third-order valence-corrected chi connectivity index (χ3v) is 6.57. The van der Waals surface area contributed by atoms with E-state index < -0.39 is 0 Å². The predicted octanol–water partition coefficient (Wildman–Crippen LogP) is 4.93. The van der Waals surface area contributed by atoms with Gasteiger partial charge in [0.25, 0.3) is 5.91 Å². The molecule has 2 aliphatic rings. The number of hydrogen-bond donors (Lipinski definition) is 0. The van der Waals surface area contributed by atoms with Crippen LogP contribution in [0.25, 0.3) is 22.4 Å². The van der Waals surface area contributed by atoms with Gasteiger partial charge in [0.15, 0.2) is 11.5 Å². The van der Waals surface area contributed by atoms with E-state index in [2.05, 4.69) is 35.3 Å². The van der Waals surface area contributed by atoms with Crippen LogP contribution < -0.4 is 0 Å². The molecule has 0 bridgehead atoms. The zero-order chi connectivity index (χ0) is 22.4. The molecule has 0 spiro atoms. The van der Waals surface area contributed by atoms with Crippen molar-refractivity contribution in [3.8, 4) is 5.82 Å². The summed E-state index contributed by atoms with van der Waals surface area (Å²) in [6.07, 6.45) is 7.03. The Balaban J connectivity index is 1.40. The summed E-state index contributed by atoms with van der Waals surface area (Å²) >= 11 is 0. The van der Waals surface area contributed by atoms with Gasteiger partial charge >= 0.3 is 0 Å². The molecule has 1 amide bonds. The van der Waals surface area contributed by atoms with Gasteiger partial charge in [-0.15, -0.1) is 0 Å². The molecule has 164 valence electrons. The van der Waals surface area contributed by atoms with Crippen molar-refractivity contribution >= 4 is 22.5 Å². The Morgan fingerprint density at radius 2 is 1.88 bits per heavy atom. The van der Waals surface area contributed by atoms with Crippen LogP contribution in [0.4, 0.5) is 0 Å². The number of rotatable bonds is 4. The minimum atomic E-state index is 0.0522. The van der Waals surface area contributed by atoms with Crippen LogP contribution in [0.3, 0.4) is 0 Å². The summed E-state index contributed by atoms with van der Waals surface area (Å²) in [4.78, 5) is 25.1. The lowest BCUT2D eigenvalue weighted by atomic mass is 9.98. The van der Waals surface area contributed by atoms with Crippen LogP contribution in [-0.4, -0.2) is 43.6 Å². The van der Waals surface area contributed by atoms with Crippen LogP contribution in [0.5, 0.6) is 0 Å². The zero-order valence-electron chi connectivity index (χ0n) is 18.6. The highest BCUT2D eigenvalue weighted by atomic mass is 16.2. The Morgan fingerprint density at radius 1 is 1.06 bits per heavy atom. The van der Waals surface area contributed by atoms with Crippen LogP contribution in [0, 0.1) is 6.92 Å². The van der Waals surface area contributed by atoms with Crippen molar-refractivity contribution < 1.29 is 4.79 Å². The van der Waals surface area contributed by atoms with Crippen LogP contribution in [0.1, 0.15) is 52.5 Å². The maximum atomic E-state index is 13.8. The molecule has 0 N–H and O–H groups in total. The van der Waals surface area contributed by atoms with Crippen LogP contribution in [0.2, 0.25) is 0 Å². The second-order valence-corrected chi connectivity index (χ2v) is 8.85. The van der Waals surface area contributed by atoms with E-state index in [1.54, 1.807) is 10.9 Å². The fourth-order valence-electron chi connectivity index (χ4n) is 4.64. The van der Waals surface area contributed by atoms with E-state index in [4.69, 9.17) is 10.1 Å². The maximum Gasteiger partial charge on any atom is 0.255 e. The summed E-state index contributed by atoms with van der Waals surface area (Å²) in [5.41, 5.74) is 5.75. The SMILES string of the molecule is Cc1nn(-c2ccccn2)c2nc(C3CC3)cc(C(=O)N3CC=C(c4ccccc4)CC3)c12. The van der Waals surface area contributed by atoms with E-state index in [-0.39, 0.29) is 5.91 Å². The molecule has 0 atom stereocenters. The van der Waals surface area contributed by atoms with E-state index in [1.165, 1.54) is 11.1 Å². The first kappa shape index (κ1) is 19.9. The molecule has 0 radical (unpaired) electrons. The molecule has 1 saturated carbocycles. The van der Waals surface area contributed by atoms with Crippen LogP contribution in [-0.2, 0) is 0 Å². The Morgan fingerprint density at radius 3 is 2.58 bits per heavy atom. The first-order valence-corrected chi connectivity index (χ1v) is 11.5. The number of benzene rings is 1. The quantitative estimate of drug-likeness (QED) is 0.456. The van der Waals surface area contributed by atoms with E-state index >= 15 is 0 Å². The summed E-state index contributed by atoms with van der Waals surface area (Å²) < 4.78 is 1.77. The highest BCUT2D eigenvalue weighted by molar-refractivity contribution is 6.07. The number of carbonyl (C=O) groups excluding carboxylic acids is 1. The maximum absolute atomic E-state index is 13.8. The molecule has 0 saturated heterocycles. The van der Waals surface area contributed by atoms with Gasteiger partial charge in [-0.05, 0) is 55.5 Å². The normalized spacial score (nSPS) is 16.2. The number of carbonyl (C=O) groups is 1. The lowest BCUT2D eigenvalue weighted by Gasteiger charge is -2.27. The van der Waals surface area contributed by atoms with E-state index in [0.717, 1.165) is 41.7 Å². The van der Waals surface area contributed by atoms with Gasteiger partial charge in [-0.3, -0.25) is 4.79 Å². The second-order valence-electron chi connectivity index (χ2n) is 8.85. The molecule has 33 heavy (non-hydrogen) atoms. The van der Waals surface area contributed by atoms with Gasteiger partial charge in [-0.2, -0.15) is 9.78 Å². The van der Waals surface area contributed by atoms with Gasteiger partial charge in [0.05, 0.1) is 16.6 Å². The Hall–Kier alpha value is -3.80. The largest absolute Gasteiger partial charge is 0.335 e. The van der Waals surface area contributed by atoms with Crippen LogP contribution in [0.15, 0.2) is 66.9 Å². The van der Waals surface area contributed by atoms with Gasteiger partial charge in [-0.25, -0.2) is 9.97 Å². The van der Waals surface area contributed by atoms with Crippen molar-refractivity contribution in [1.82, 2.24) is 24.6 Å². The molecule has 1 fully saturated rings. The molecule has 1 aliphatic heterocycles. The third kappa shape index (κ3) is 3.61. The highest BCUT2D eigenvalue weighted by Gasteiger charge is 2.30. The Bertz CT molecular complexity index is 1370. The van der Waals surface area contributed by atoms with Crippen molar-refractivity contribution in [1.29, 1.82) is 0 Å². The molecule has 0 unspecified atom stereocenters. The molecule has 3 aromatic heterocycles. The van der Waals surface area contributed by atoms with Crippen molar-refractivity contribution in [2.75, 3.05) is 13.1 Å². The number of pyridine rings is 2. The summed E-state index contributed by atoms with van der Waals surface area (Å²) in [7, 11) is 0. The number of hydrogen-bond acceptors (Lipinski definition) is 4. The lowest BCUT2D eigenvalue weighted by molar-refractivity contribution is 0.0774. The monoisotopic (exact) mass is 435 g/mol. The van der Waals surface area contributed by atoms with Crippen LogP contribution >= 0.6 is 0 Å². The standard InChI is InChI=1S/C27H25N5O/c1-18-25-22(27(33)31-15-12-20(13-16-31)19-7-3-2-4-8-19)17-23(21-10-11-21)29-26(25)32(30-18)24-9-5-6-14-28-24/h2-9,12,14,17,21H,10-11,13,15-16H2,1H3. The average molecular weight is 436 g/mol. The smallest absolute Gasteiger partial charge is 0.255 e. The summed E-state index contributed by atoms with van der Waals surface area (Å²) in [6.45, 7) is 3.26. The van der Waals surface area contributed by atoms with E-state index in [0.29, 0.717) is 30.4 Å². The predicted molar refractivity (Wildman–Crippen MR) is 128 cm³/mol. The third-order valence-electron chi connectivity index (χ3n) is 6.57. The highest BCUT2D eigenvalue weighted by Crippen LogP contribution is 2.41. The van der Waals surface area contributed by atoms with Crippen molar-refractivity contribution in [2.45, 2.75) is 32.1 Å². The first-order valence-electron chi connectivity index (χ1n) is 11.5. The summed E-state index contributed by atoms with van der Waals surface area (Å²) in [5, 5.41) is 5.56. The Kier molecular flexibility index (Phi) is 4.79.